The van der Waals surface area contributed by atoms with Crippen molar-refractivity contribution in [1.82, 2.24) is 0 Å². The average Bonchev–Trinajstić information content (AvgIpc) is 3.50. The fourth-order valence-electron chi connectivity index (χ4n) is 7.52. The predicted octanol–water partition coefficient (Wildman–Crippen LogP) is 13.8. The highest BCUT2D eigenvalue weighted by Gasteiger charge is 2.16. The van der Waals surface area contributed by atoms with Gasteiger partial charge in [-0.25, -0.2) is 0 Å². The van der Waals surface area contributed by atoms with Gasteiger partial charge in [0.05, 0.1) is 0 Å². The van der Waals surface area contributed by atoms with Crippen molar-refractivity contribution in [1.29, 1.82) is 0 Å². The van der Waals surface area contributed by atoms with Gasteiger partial charge in [0.15, 0.2) is 0 Å². The molecule has 10 aromatic rings. The van der Waals surface area contributed by atoms with Crippen LogP contribution in [0.3, 0.4) is 0 Å². The van der Waals surface area contributed by atoms with E-state index in [9.17, 15) is 0 Å². The van der Waals surface area contributed by atoms with Crippen molar-refractivity contribution in [2.45, 2.75) is 0 Å². The number of benzene rings is 9. The van der Waals surface area contributed by atoms with E-state index in [0.717, 1.165) is 17.1 Å². The standard InChI is InChI=1S/C46H29NS/c1-2-13-36(14-3-1)47(38-25-26-41-42-27-34-10-4-5-11-35(34)28-43(42)48-44(41)29-38)37-23-21-31(22-24-37)40-16-8-12-32-19-20-33-18-17-30-9-6-7-15-39(30)46(33)45(32)40/h1-29H. The zero-order valence-corrected chi connectivity index (χ0v) is 26.9. The third-order valence-electron chi connectivity index (χ3n) is 9.78. The van der Waals surface area contributed by atoms with Gasteiger partial charge in [-0.2, -0.15) is 0 Å². The van der Waals surface area contributed by atoms with Gasteiger partial charge < -0.3 is 4.90 Å². The fourth-order valence-corrected chi connectivity index (χ4v) is 8.69. The van der Waals surface area contributed by atoms with Crippen LogP contribution < -0.4 is 4.90 Å². The lowest BCUT2D eigenvalue weighted by atomic mass is 9.91. The van der Waals surface area contributed by atoms with E-state index >= 15 is 0 Å². The van der Waals surface area contributed by atoms with Gasteiger partial charge in [-0.3, -0.25) is 0 Å². The summed E-state index contributed by atoms with van der Waals surface area (Å²) < 4.78 is 2.62. The molecule has 0 aliphatic rings. The maximum Gasteiger partial charge on any atom is 0.0476 e. The van der Waals surface area contributed by atoms with Gasteiger partial charge in [0, 0.05) is 37.2 Å². The second-order valence-corrected chi connectivity index (χ2v) is 13.6. The molecule has 0 atom stereocenters. The van der Waals surface area contributed by atoms with Crippen molar-refractivity contribution >= 4 is 91.7 Å². The first kappa shape index (κ1) is 27.2. The van der Waals surface area contributed by atoms with E-state index < -0.39 is 0 Å². The van der Waals surface area contributed by atoms with Crippen LogP contribution in [0.4, 0.5) is 17.1 Å². The summed E-state index contributed by atoms with van der Waals surface area (Å²) in [6, 6.07) is 64.5. The molecule has 0 amide bonds. The molecule has 0 aliphatic carbocycles. The third kappa shape index (κ3) is 4.31. The summed E-state index contributed by atoms with van der Waals surface area (Å²) in [5, 5.41) is 12.9. The second kappa shape index (κ2) is 10.8. The minimum absolute atomic E-state index is 1.13. The Hall–Kier alpha value is -5.96. The van der Waals surface area contributed by atoms with Gasteiger partial charge in [-0.1, -0.05) is 127 Å². The first-order chi connectivity index (χ1) is 23.8. The molecule has 0 N–H and O–H groups in total. The quantitative estimate of drug-likeness (QED) is 0.176. The molecular weight excluding hydrogens is 599 g/mol. The second-order valence-electron chi connectivity index (χ2n) is 12.5. The van der Waals surface area contributed by atoms with Gasteiger partial charge in [0.1, 0.15) is 0 Å². The minimum atomic E-state index is 1.13. The molecule has 1 heterocycles. The Morgan fingerprint density at radius 2 is 0.938 bits per heavy atom. The van der Waals surface area contributed by atoms with E-state index in [4.69, 9.17) is 0 Å². The highest BCUT2D eigenvalue weighted by molar-refractivity contribution is 7.25. The maximum absolute atomic E-state index is 2.37. The summed E-state index contributed by atoms with van der Waals surface area (Å²) in [4.78, 5) is 2.37. The first-order valence-electron chi connectivity index (χ1n) is 16.4. The van der Waals surface area contributed by atoms with Crippen LogP contribution in [0.25, 0.3) is 74.4 Å². The Bertz CT molecular complexity index is 2820. The van der Waals surface area contributed by atoms with E-state index in [0.29, 0.717) is 0 Å². The molecule has 1 nitrogen and oxygen atoms in total. The Kier molecular flexibility index (Phi) is 6.12. The first-order valence-corrected chi connectivity index (χ1v) is 17.2. The summed E-state index contributed by atoms with van der Waals surface area (Å²) in [7, 11) is 0. The number of para-hydroxylation sites is 1. The molecule has 0 bridgehead atoms. The van der Waals surface area contributed by atoms with E-state index in [-0.39, 0.29) is 0 Å². The highest BCUT2D eigenvalue weighted by Crippen LogP contribution is 2.43. The topological polar surface area (TPSA) is 3.24 Å². The van der Waals surface area contributed by atoms with Crippen LogP contribution in [0.2, 0.25) is 0 Å². The fraction of sp³-hybridized carbons (Fsp3) is 0. The van der Waals surface area contributed by atoms with Crippen LogP contribution in [-0.4, -0.2) is 0 Å². The van der Waals surface area contributed by atoms with Crippen molar-refractivity contribution in [2.24, 2.45) is 0 Å². The normalized spacial score (nSPS) is 11.8. The Balaban J connectivity index is 1.12. The van der Waals surface area contributed by atoms with E-state index in [1.807, 2.05) is 11.3 Å². The molecule has 2 heteroatoms. The number of nitrogens with zero attached hydrogens (tertiary/aromatic N) is 1. The third-order valence-corrected chi connectivity index (χ3v) is 10.9. The van der Waals surface area contributed by atoms with Crippen LogP contribution in [0.15, 0.2) is 176 Å². The van der Waals surface area contributed by atoms with Gasteiger partial charge in [0.25, 0.3) is 0 Å². The van der Waals surface area contributed by atoms with Crippen molar-refractivity contribution < 1.29 is 0 Å². The van der Waals surface area contributed by atoms with E-state index in [2.05, 4.69) is 181 Å². The molecule has 0 fully saturated rings. The number of thiophene rings is 1. The molecule has 1 aromatic heterocycles. The molecule has 0 aliphatic heterocycles. The number of fused-ring (bicyclic) bond motifs is 9. The molecule has 9 aromatic carbocycles. The molecule has 0 unspecified atom stereocenters. The Morgan fingerprint density at radius 1 is 0.333 bits per heavy atom. The van der Waals surface area contributed by atoms with Crippen molar-refractivity contribution in [3.8, 4) is 11.1 Å². The van der Waals surface area contributed by atoms with Gasteiger partial charge in [0.2, 0.25) is 0 Å². The highest BCUT2D eigenvalue weighted by atomic mass is 32.1. The average molecular weight is 628 g/mol. The van der Waals surface area contributed by atoms with E-state index in [1.54, 1.807) is 0 Å². The molecule has 0 saturated heterocycles. The number of rotatable bonds is 4. The van der Waals surface area contributed by atoms with Crippen molar-refractivity contribution in [2.75, 3.05) is 4.90 Å². The smallest absolute Gasteiger partial charge is 0.0476 e. The zero-order valence-electron chi connectivity index (χ0n) is 26.1. The number of anilines is 3. The lowest BCUT2D eigenvalue weighted by molar-refractivity contribution is 1.29. The molecule has 48 heavy (non-hydrogen) atoms. The number of hydrogen-bond donors (Lipinski definition) is 0. The molecule has 0 saturated carbocycles. The number of hydrogen-bond acceptors (Lipinski definition) is 2. The van der Waals surface area contributed by atoms with Gasteiger partial charge >= 0.3 is 0 Å². The summed E-state index contributed by atoms with van der Waals surface area (Å²) >= 11 is 1.87. The van der Waals surface area contributed by atoms with Crippen molar-refractivity contribution in [3.63, 3.8) is 0 Å². The van der Waals surface area contributed by atoms with Crippen LogP contribution in [0, 0.1) is 0 Å². The monoisotopic (exact) mass is 627 g/mol. The van der Waals surface area contributed by atoms with Crippen LogP contribution >= 0.6 is 11.3 Å². The van der Waals surface area contributed by atoms with Crippen LogP contribution in [-0.2, 0) is 0 Å². The molecule has 0 spiro atoms. The maximum atomic E-state index is 2.37. The largest absolute Gasteiger partial charge is 0.310 e. The zero-order chi connectivity index (χ0) is 31.6. The van der Waals surface area contributed by atoms with Crippen molar-refractivity contribution in [3.05, 3.63) is 176 Å². The van der Waals surface area contributed by atoms with Gasteiger partial charge in [-0.15, -0.1) is 11.3 Å². The molecule has 0 radical (unpaired) electrons. The molecule has 224 valence electrons. The van der Waals surface area contributed by atoms with Crippen LogP contribution in [0.1, 0.15) is 0 Å². The predicted molar refractivity (Wildman–Crippen MR) is 209 cm³/mol. The summed E-state index contributed by atoms with van der Waals surface area (Å²) in [5.41, 5.74) is 5.89. The SMILES string of the molecule is c1ccc(N(c2ccc(-c3cccc4ccc5ccc6ccccc6c5c34)cc2)c2ccc3c(c2)sc2cc4ccccc4cc23)cc1. The molecular formula is C46H29NS. The summed E-state index contributed by atoms with van der Waals surface area (Å²) in [6.07, 6.45) is 0. The van der Waals surface area contributed by atoms with Crippen LogP contribution in [0.5, 0.6) is 0 Å². The lowest BCUT2D eigenvalue weighted by Gasteiger charge is -2.26. The lowest BCUT2D eigenvalue weighted by Crippen LogP contribution is -2.09. The summed E-state index contributed by atoms with van der Waals surface area (Å²) in [5.74, 6) is 0. The Morgan fingerprint density at radius 3 is 1.75 bits per heavy atom. The Labute approximate surface area is 282 Å². The molecule has 10 rings (SSSR count). The minimum Gasteiger partial charge on any atom is -0.310 e. The van der Waals surface area contributed by atoms with Gasteiger partial charge in [-0.05, 0) is 103 Å². The van der Waals surface area contributed by atoms with E-state index in [1.165, 1.54) is 74.4 Å². The summed E-state index contributed by atoms with van der Waals surface area (Å²) in [6.45, 7) is 0.